The summed E-state index contributed by atoms with van der Waals surface area (Å²) in [6, 6.07) is 0.507. The zero-order valence-electron chi connectivity index (χ0n) is 10.5. The topological polar surface area (TPSA) is 29.3 Å². The van der Waals surface area contributed by atoms with Crippen LogP contribution in [0, 0.1) is 5.92 Å². The van der Waals surface area contributed by atoms with E-state index < -0.39 is 0 Å². The summed E-state index contributed by atoms with van der Waals surface area (Å²) in [6.07, 6.45) is 9.44. The first kappa shape index (κ1) is 13.0. The van der Waals surface area contributed by atoms with Crippen LogP contribution >= 0.6 is 0 Å². The maximum Gasteiger partial charge on any atom is 0.00450 e. The van der Waals surface area contributed by atoms with Gasteiger partial charge in [0.15, 0.2) is 0 Å². The summed E-state index contributed by atoms with van der Waals surface area (Å²) in [5.74, 6) is 0.889. The molecule has 0 bridgehead atoms. The second-order valence-corrected chi connectivity index (χ2v) is 5.27. The van der Waals surface area contributed by atoms with Crippen molar-refractivity contribution in [3.05, 3.63) is 0 Å². The van der Waals surface area contributed by atoms with Crippen LogP contribution in [-0.4, -0.2) is 31.1 Å². The van der Waals surface area contributed by atoms with Crippen molar-refractivity contribution < 1.29 is 0 Å². The van der Waals surface area contributed by atoms with Crippen molar-refractivity contribution in [2.75, 3.05) is 20.1 Å². The van der Waals surface area contributed by atoms with Gasteiger partial charge in [-0.15, -0.1) is 0 Å². The summed E-state index contributed by atoms with van der Waals surface area (Å²) in [6.45, 7) is 4.81. The van der Waals surface area contributed by atoms with E-state index in [0.717, 1.165) is 5.92 Å². The molecule has 1 saturated carbocycles. The Morgan fingerprint density at radius 1 is 1.13 bits per heavy atom. The first-order valence-corrected chi connectivity index (χ1v) is 6.66. The molecule has 0 spiro atoms. The lowest BCUT2D eigenvalue weighted by Crippen LogP contribution is -2.42. The van der Waals surface area contributed by atoms with Gasteiger partial charge in [-0.25, -0.2) is 0 Å². The van der Waals surface area contributed by atoms with Gasteiger partial charge in [0.25, 0.3) is 0 Å². The molecule has 90 valence electrons. The molecule has 1 rings (SSSR count). The van der Waals surface area contributed by atoms with E-state index in [9.17, 15) is 0 Å². The minimum Gasteiger partial charge on any atom is -0.328 e. The highest BCUT2D eigenvalue weighted by atomic mass is 15.1. The monoisotopic (exact) mass is 212 g/mol. The summed E-state index contributed by atoms with van der Waals surface area (Å²) in [7, 11) is 2.25. The average Bonchev–Trinajstić information content (AvgIpc) is 2.15. The highest BCUT2D eigenvalue weighted by Gasteiger charge is 2.26. The van der Waals surface area contributed by atoms with E-state index in [2.05, 4.69) is 18.9 Å². The molecule has 0 heterocycles. The predicted molar refractivity (Wildman–Crippen MR) is 67.0 cm³/mol. The lowest BCUT2D eigenvalue weighted by Gasteiger charge is -2.35. The van der Waals surface area contributed by atoms with Crippen molar-refractivity contribution in [3.63, 3.8) is 0 Å². The molecule has 0 aromatic rings. The minimum absolute atomic E-state index is 0.507. The average molecular weight is 212 g/mol. The van der Waals surface area contributed by atoms with Crippen molar-refractivity contribution in [1.29, 1.82) is 0 Å². The maximum absolute atomic E-state index is 5.78. The highest BCUT2D eigenvalue weighted by Crippen LogP contribution is 2.25. The van der Waals surface area contributed by atoms with E-state index >= 15 is 0 Å². The first-order valence-electron chi connectivity index (χ1n) is 6.66. The van der Waals surface area contributed by atoms with Crippen molar-refractivity contribution in [2.24, 2.45) is 11.7 Å². The second-order valence-electron chi connectivity index (χ2n) is 5.27. The highest BCUT2D eigenvalue weighted by molar-refractivity contribution is 4.83. The molecule has 0 unspecified atom stereocenters. The second kappa shape index (κ2) is 7.24. The third-order valence-corrected chi connectivity index (χ3v) is 3.49. The Bertz CT molecular complexity index is 153. The fourth-order valence-corrected chi connectivity index (χ4v) is 2.45. The number of nitrogens with two attached hydrogens (primary N) is 1. The molecule has 0 atom stereocenters. The van der Waals surface area contributed by atoms with E-state index in [1.54, 1.807) is 0 Å². The summed E-state index contributed by atoms with van der Waals surface area (Å²) in [5, 5.41) is 0. The molecule has 15 heavy (non-hydrogen) atoms. The molecule has 0 saturated heterocycles. The minimum atomic E-state index is 0.507. The molecule has 2 N–H and O–H groups in total. The summed E-state index contributed by atoms with van der Waals surface area (Å²) in [4.78, 5) is 2.49. The molecule has 0 radical (unpaired) electrons. The molecule has 1 aliphatic carbocycles. The van der Waals surface area contributed by atoms with Gasteiger partial charge in [0.05, 0.1) is 0 Å². The largest absolute Gasteiger partial charge is 0.328 e. The Hall–Kier alpha value is -0.0800. The van der Waals surface area contributed by atoms with Gasteiger partial charge < -0.3 is 10.6 Å². The molecule has 2 nitrogen and oxygen atoms in total. The van der Waals surface area contributed by atoms with Crippen LogP contribution in [0.5, 0.6) is 0 Å². The van der Waals surface area contributed by atoms with Gasteiger partial charge in [-0.2, -0.15) is 0 Å². The van der Waals surface area contributed by atoms with Crippen molar-refractivity contribution in [3.8, 4) is 0 Å². The Kier molecular flexibility index (Phi) is 6.26. The van der Waals surface area contributed by atoms with Crippen LogP contribution in [-0.2, 0) is 0 Å². The Morgan fingerprint density at radius 2 is 1.80 bits per heavy atom. The van der Waals surface area contributed by atoms with Gasteiger partial charge in [-0.1, -0.05) is 32.6 Å². The molecule has 1 fully saturated rings. The van der Waals surface area contributed by atoms with Crippen molar-refractivity contribution >= 4 is 0 Å². The van der Waals surface area contributed by atoms with Gasteiger partial charge in [-0.05, 0) is 38.8 Å². The normalized spacial score (nSPS) is 25.6. The third kappa shape index (κ3) is 5.53. The van der Waals surface area contributed by atoms with Crippen LogP contribution in [0.2, 0.25) is 0 Å². The molecule has 0 aliphatic heterocycles. The van der Waals surface area contributed by atoms with E-state index in [1.165, 1.54) is 58.0 Å². The molecule has 0 amide bonds. The zero-order chi connectivity index (χ0) is 11.1. The first-order chi connectivity index (χ1) is 7.22. The lowest BCUT2D eigenvalue weighted by molar-refractivity contribution is 0.180. The van der Waals surface area contributed by atoms with Gasteiger partial charge in [0.2, 0.25) is 0 Å². The van der Waals surface area contributed by atoms with Crippen LogP contribution in [0.3, 0.4) is 0 Å². The Labute approximate surface area is 95.2 Å². The van der Waals surface area contributed by atoms with Crippen LogP contribution in [0.25, 0.3) is 0 Å². The fraction of sp³-hybridized carbons (Fsp3) is 1.00. The summed E-state index contributed by atoms with van der Waals surface area (Å²) < 4.78 is 0. The quantitative estimate of drug-likeness (QED) is 0.627. The molecular formula is C13H28N2. The Balaban J connectivity index is 1.87. The number of hydrogen-bond donors (Lipinski definition) is 1. The maximum atomic E-state index is 5.78. The number of rotatable bonds is 8. The van der Waals surface area contributed by atoms with E-state index in [-0.39, 0.29) is 0 Å². The predicted octanol–water partition coefficient (Wildman–Crippen LogP) is 2.63. The van der Waals surface area contributed by atoms with Gasteiger partial charge >= 0.3 is 0 Å². The van der Waals surface area contributed by atoms with Gasteiger partial charge in [0, 0.05) is 12.6 Å². The molecule has 2 heteroatoms. The van der Waals surface area contributed by atoms with Gasteiger partial charge in [-0.3, -0.25) is 0 Å². The number of unbranched alkanes of at least 4 members (excludes halogenated alkanes) is 4. The number of nitrogens with zero attached hydrogens (tertiary/aromatic N) is 1. The van der Waals surface area contributed by atoms with E-state index in [1.807, 2.05) is 0 Å². The molecule has 0 aromatic carbocycles. The molecule has 1 aliphatic rings. The van der Waals surface area contributed by atoms with Crippen LogP contribution in [0.4, 0.5) is 0 Å². The summed E-state index contributed by atoms with van der Waals surface area (Å²) >= 11 is 0. The Morgan fingerprint density at radius 3 is 2.40 bits per heavy atom. The smallest absolute Gasteiger partial charge is 0.00450 e. The standard InChI is InChI=1S/C13H28N2/c1-3-4-5-6-7-8-15(2)11-12-9-13(14)10-12/h12-13H,3-11,14H2,1-2H3. The van der Waals surface area contributed by atoms with Crippen LogP contribution in [0.1, 0.15) is 51.9 Å². The molecular weight excluding hydrogens is 184 g/mol. The van der Waals surface area contributed by atoms with Crippen LogP contribution in [0.15, 0.2) is 0 Å². The third-order valence-electron chi connectivity index (χ3n) is 3.49. The van der Waals surface area contributed by atoms with Crippen molar-refractivity contribution in [1.82, 2.24) is 4.90 Å². The zero-order valence-corrected chi connectivity index (χ0v) is 10.5. The van der Waals surface area contributed by atoms with Crippen molar-refractivity contribution in [2.45, 2.75) is 57.9 Å². The fourth-order valence-electron chi connectivity index (χ4n) is 2.45. The number of hydrogen-bond acceptors (Lipinski definition) is 2. The van der Waals surface area contributed by atoms with E-state index in [0.29, 0.717) is 6.04 Å². The molecule has 0 aromatic heterocycles. The SMILES string of the molecule is CCCCCCCN(C)CC1CC(N)C1. The van der Waals surface area contributed by atoms with Crippen LogP contribution < -0.4 is 5.73 Å². The summed E-state index contributed by atoms with van der Waals surface area (Å²) in [5.41, 5.74) is 5.78. The van der Waals surface area contributed by atoms with Gasteiger partial charge in [0.1, 0.15) is 0 Å². The lowest BCUT2D eigenvalue weighted by atomic mass is 9.80. The van der Waals surface area contributed by atoms with E-state index in [4.69, 9.17) is 5.73 Å².